The van der Waals surface area contributed by atoms with Crippen LogP contribution in [0.5, 0.6) is 0 Å². The highest BCUT2D eigenvalue weighted by molar-refractivity contribution is 7.80. The molecule has 0 aliphatic rings. The Morgan fingerprint density at radius 3 is 2.42 bits per heavy atom. The van der Waals surface area contributed by atoms with Crippen molar-refractivity contribution in [1.82, 2.24) is 10.2 Å². The fraction of sp³-hybridized carbons (Fsp3) is 0.786. The molecule has 0 unspecified atom stereocenters. The van der Waals surface area contributed by atoms with E-state index in [1.807, 2.05) is 13.8 Å². The van der Waals surface area contributed by atoms with Crippen molar-refractivity contribution in [3.63, 3.8) is 0 Å². The van der Waals surface area contributed by atoms with Gasteiger partial charge < -0.3 is 5.11 Å². The third-order valence-corrected chi connectivity index (χ3v) is 6.04. The molecule has 0 spiro atoms. The van der Waals surface area contributed by atoms with E-state index >= 15 is 0 Å². The first-order valence-electron chi connectivity index (χ1n) is 7.39. The molecular weight excluding hydrogens is 363 g/mol. The van der Waals surface area contributed by atoms with Crippen LogP contribution < -0.4 is 5.32 Å². The number of nitrogens with zero attached hydrogens (tertiary/aromatic N) is 2. The zero-order valence-electron chi connectivity index (χ0n) is 14.1. The van der Waals surface area contributed by atoms with Crippen molar-refractivity contribution >= 4 is 34.1 Å². The van der Waals surface area contributed by atoms with E-state index in [0.29, 0.717) is 27.7 Å². The summed E-state index contributed by atoms with van der Waals surface area (Å²) in [5, 5.41) is 20.7. The second-order valence-electron chi connectivity index (χ2n) is 6.57. The second-order valence-corrected chi connectivity index (χ2v) is 9.43. The summed E-state index contributed by atoms with van der Waals surface area (Å²) in [6.07, 6.45) is -5.01. The molecule has 138 valence electrons. The van der Waals surface area contributed by atoms with Crippen LogP contribution in [-0.2, 0) is 22.0 Å². The molecule has 1 aromatic heterocycles. The quantitative estimate of drug-likeness (QED) is 0.409. The maximum Gasteiger partial charge on any atom is 0.389 e. The summed E-state index contributed by atoms with van der Waals surface area (Å²) >= 11 is 1.80. The van der Waals surface area contributed by atoms with Gasteiger partial charge >= 0.3 is 6.18 Å². The molecule has 1 amide bonds. The molecule has 1 aromatic rings. The number of hydrogen-bond acceptors (Lipinski definition) is 5. The van der Waals surface area contributed by atoms with E-state index in [4.69, 9.17) is 0 Å². The van der Waals surface area contributed by atoms with E-state index < -0.39 is 22.8 Å². The molecule has 0 saturated heterocycles. The molecule has 0 radical (unpaired) electrons. The van der Waals surface area contributed by atoms with E-state index in [9.17, 15) is 23.1 Å². The minimum absolute atomic E-state index is 0.00455. The summed E-state index contributed by atoms with van der Waals surface area (Å²) in [6.45, 7) is 6.87. The summed E-state index contributed by atoms with van der Waals surface area (Å²) in [6, 6.07) is 0. The standard InChI is InChI=1S/C14H22F3N3O2S2/c1-12(2,8-21)10-19-20-11(24-10)18-9(22)13(3,4)23-7-5-6-14(15,16)17/h21H,5-8H2,1-4H3,(H,18,20,22)/p+1. The Morgan fingerprint density at radius 2 is 1.88 bits per heavy atom. The van der Waals surface area contributed by atoms with Gasteiger partial charge in [0.05, 0.1) is 6.61 Å². The number of halogens is 3. The average Bonchev–Trinajstić information content (AvgIpc) is 2.92. The van der Waals surface area contributed by atoms with Gasteiger partial charge in [-0.2, -0.15) is 13.2 Å². The smallest absolute Gasteiger partial charge is 0.389 e. The van der Waals surface area contributed by atoms with Gasteiger partial charge in [0.25, 0.3) is 5.91 Å². The van der Waals surface area contributed by atoms with Crippen LogP contribution in [-0.4, -0.2) is 44.5 Å². The van der Waals surface area contributed by atoms with Gasteiger partial charge in [-0.3, -0.25) is 10.1 Å². The predicted molar refractivity (Wildman–Crippen MR) is 91.6 cm³/mol. The molecule has 5 nitrogen and oxygen atoms in total. The van der Waals surface area contributed by atoms with Crippen LogP contribution in [0.4, 0.5) is 18.3 Å². The Balaban J connectivity index is 2.57. The van der Waals surface area contributed by atoms with E-state index in [2.05, 4.69) is 15.5 Å². The fourth-order valence-corrected chi connectivity index (χ4v) is 3.48. The summed E-state index contributed by atoms with van der Waals surface area (Å²) in [5.41, 5.74) is -0.550. The number of anilines is 1. The van der Waals surface area contributed by atoms with Crippen molar-refractivity contribution in [3.8, 4) is 0 Å². The van der Waals surface area contributed by atoms with Gasteiger partial charge in [0.15, 0.2) is 4.75 Å². The van der Waals surface area contributed by atoms with Gasteiger partial charge in [0.1, 0.15) is 10.8 Å². The zero-order chi connectivity index (χ0) is 18.6. The van der Waals surface area contributed by atoms with Crippen LogP contribution in [0.3, 0.4) is 0 Å². The first-order valence-corrected chi connectivity index (χ1v) is 9.29. The fourth-order valence-electron chi connectivity index (χ4n) is 1.57. The number of alkyl halides is 3. The Hall–Kier alpha value is -0.870. The average molecular weight is 386 g/mol. The number of carbonyl (C=O) groups excluding carboxylic acids is 1. The first kappa shape index (κ1) is 21.2. The number of amides is 1. The largest absolute Gasteiger partial charge is 0.395 e. The topological polar surface area (TPSA) is 75.1 Å². The number of aliphatic hydroxyl groups is 1. The Labute approximate surface area is 147 Å². The highest BCUT2D eigenvalue weighted by Crippen LogP contribution is 2.28. The first-order chi connectivity index (χ1) is 10.9. The lowest BCUT2D eigenvalue weighted by Crippen LogP contribution is -2.39. The highest BCUT2D eigenvalue weighted by Gasteiger charge is 2.37. The summed E-state index contributed by atoms with van der Waals surface area (Å²) in [7, 11) is 0. The van der Waals surface area contributed by atoms with Crippen LogP contribution in [0, 0.1) is 0 Å². The molecule has 0 aliphatic carbocycles. The van der Waals surface area contributed by atoms with Gasteiger partial charge in [0.2, 0.25) is 5.13 Å². The Morgan fingerprint density at radius 1 is 1.25 bits per heavy atom. The lowest BCUT2D eigenvalue weighted by atomic mass is 9.96. The molecule has 0 bridgehead atoms. The number of aliphatic hydroxyl groups excluding tert-OH is 1. The zero-order valence-corrected chi connectivity index (χ0v) is 15.8. The predicted octanol–water partition coefficient (Wildman–Crippen LogP) is 2.68. The lowest BCUT2D eigenvalue weighted by molar-refractivity contribution is -0.134. The molecule has 0 atom stereocenters. The van der Waals surface area contributed by atoms with Crippen molar-refractivity contribution in [2.45, 2.75) is 56.9 Å². The van der Waals surface area contributed by atoms with Crippen LogP contribution in [0.2, 0.25) is 0 Å². The minimum Gasteiger partial charge on any atom is -0.395 e. The van der Waals surface area contributed by atoms with Crippen LogP contribution in [0.1, 0.15) is 45.5 Å². The van der Waals surface area contributed by atoms with Crippen molar-refractivity contribution in [2.75, 3.05) is 17.7 Å². The highest BCUT2D eigenvalue weighted by atomic mass is 32.2. The summed E-state index contributed by atoms with van der Waals surface area (Å²) < 4.78 is 35.6. The van der Waals surface area contributed by atoms with Crippen molar-refractivity contribution in [2.24, 2.45) is 0 Å². The third kappa shape index (κ3) is 6.56. The minimum atomic E-state index is -4.16. The monoisotopic (exact) mass is 386 g/mol. The number of hydrogen-bond donors (Lipinski definition) is 2. The normalized spacial score (nSPS) is 13.2. The van der Waals surface area contributed by atoms with Crippen molar-refractivity contribution < 1.29 is 23.1 Å². The maximum absolute atomic E-state index is 12.3. The molecule has 2 N–H and O–H groups in total. The van der Waals surface area contributed by atoms with Gasteiger partial charge in [0, 0.05) is 18.3 Å². The molecule has 0 saturated carbocycles. The molecule has 10 heteroatoms. The van der Waals surface area contributed by atoms with Crippen LogP contribution in [0.25, 0.3) is 0 Å². The molecular formula is C14H23F3N3O2S2+. The van der Waals surface area contributed by atoms with E-state index in [1.54, 1.807) is 13.8 Å². The molecule has 1 heterocycles. The van der Waals surface area contributed by atoms with E-state index in [0.717, 1.165) is 0 Å². The molecule has 1 rings (SSSR count). The van der Waals surface area contributed by atoms with Crippen molar-refractivity contribution in [3.05, 3.63) is 5.01 Å². The van der Waals surface area contributed by atoms with Gasteiger partial charge in [-0.15, -0.1) is 10.2 Å². The third-order valence-electron chi connectivity index (χ3n) is 3.30. The van der Waals surface area contributed by atoms with Crippen molar-refractivity contribution in [1.29, 1.82) is 0 Å². The summed E-state index contributed by atoms with van der Waals surface area (Å²) in [5.74, 6) is -0.0283. The number of carbonyl (C=O) groups is 1. The molecule has 24 heavy (non-hydrogen) atoms. The van der Waals surface area contributed by atoms with E-state index in [1.165, 1.54) is 11.3 Å². The Bertz CT molecular complexity index is 560. The molecule has 0 aromatic carbocycles. The maximum atomic E-state index is 12.3. The lowest BCUT2D eigenvalue weighted by Gasteiger charge is -2.17. The van der Waals surface area contributed by atoms with Gasteiger partial charge in [-0.1, -0.05) is 25.2 Å². The van der Waals surface area contributed by atoms with Crippen LogP contribution >= 0.6 is 11.3 Å². The number of aromatic nitrogens is 2. The summed E-state index contributed by atoms with van der Waals surface area (Å²) in [4.78, 5) is 12.3. The second kappa shape index (κ2) is 8.01. The Kier molecular flexibility index (Phi) is 7.06. The SMILES string of the molecule is CC(C)([SH+]CCCC(F)(F)F)C(=O)Nc1nnc(C(C)(C)CO)s1. The van der Waals surface area contributed by atoms with Gasteiger partial charge in [-0.25, -0.2) is 0 Å². The van der Waals surface area contributed by atoms with Gasteiger partial charge in [-0.05, 0) is 25.6 Å². The van der Waals surface area contributed by atoms with Crippen LogP contribution in [0.15, 0.2) is 0 Å². The molecule has 0 aliphatic heterocycles. The van der Waals surface area contributed by atoms with E-state index in [-0.39, 0.29) is 18.9 Å². The number of thiol groups is 1. The molecule has 0 fully saturated rings. The number of nitrogens with one attached hydrogen (secondary N) is 1. The number of rotatable bonds is 8.